The van der Waals surface area contributed by atoms with E-state index in [2.05, 4.69) is 32.9 Å². The third-order valence-corrected chi connectivity index (χ3v) is 2.01. The molecule has 0 rings (SSSR count). The highest BCUT2D eigenvalue weighted by Crippen LogP contribution is 2.11. The van der Waals surface area contributed by atoms with Crippen LogP contribution in [0.5, 0.6) is 0 Å². The SMILES string of the molecule is CCC/C=C/C(C)/C(C)=C/CO. The van der Waals surface area contributed by atoms with Crippen LogP contribution in [-0.4, -0.2) is 11.7 Å². The molecule has 0 aromatic rings. The van der Waals surface area contributed by atoms with Crippen LogP contribution in [0.2, 0.25) is 0 Å². The molecule has 70 valence electrons. The molecule has 0 fully saturated rings. The summed E-state index contributed by atoms with van der Waals surface area (Å²) in [6, 6.07) is 0. The van der Waals surface area contributed by atoms with Crippen LogP contribution in [0.15, 0.2) is 23.8 Å². The predicted octanol–water partition coefficient (Wildman–Crippen LogP) is 2.92. The van der Waals surface area contributed by atoms with E-state index in [1.165, 1.54) is 12.0 Å². The van der Waals surface area contributed by atoms with E-state index in [1.54, 1.807) is 0 Å². The topological polar surface area (TPSA) is 20.2 Å². The average Bonchev–Trinajstić information content (AvgIpc) is 2.05. The molecular formula is C11H20O. The van der Waals surface area contributed by atoms with Gasteiger partial charge in [-0.3, -0.25) is 0 Å². The Bertz CT molecular complexity index is 156. The lowest BCUT2D eigenvalue weighted by Gasteiger charge is -2.05. The van der Waals surface area contributed by atoms with Gasteiger partial charge in [0.2, 0.25) is 0 Å². The molecule has 1 nitrogen and oxygen atoms in total. The molecule has 1 N–H and O–H groups in total. The Morgan fingerprint density at radius 3 is 2.67 bits per heavy atom. The van der Waals surface area contributed by atoms with E-state index in [0.29, 0.717) is 5.92 Å². The molecule has 0 heterocycles. The van der Waals surface area contributed by atoms with Gasteiger partial charge in [0.1, 0.15) is 0 Å². The second-order valence-corrected chi connectivity index (χ2v) is 3.14. The zero-order chi connectivity index (χ0) is 9.40. The summed E-state index contributed by atoms with van der Waals surface area (Å²) in [5, 5.41) is 8.66. The molecule has 0 aliphatic heterocycles. The lowest BCUT2D eigenvalue weighted by Crippen LogP contribution is -1.92. The summed E-state index contributed by atoms with van der Waals surface area (Å²) in [6.45, 7) is 6.52. The molecule has 1 heteroatoms. The lowest BCUT2D eigenvalue weighted by atomic mass is 10.0. The van der Waals surface area contributed by atoms with Crippen molar-refractivity contribution in [3.8, 4) is 0 Å². The smallest absolute Gasteiger partial charge is 0.0615 e. The van der Waals surface area contributed by atoms with Gasteiger partial charge in [-0.2, -0.15) is 0 Å². The largest absolute Gasteiger partial charge is 0.392 e. The Labute approximate surface area is 75.8 Å². The maximum atomic E-state index is 8.66. The molecule has 0 spiro atoms. The Balaban J connectivity index is 3.85. The van der Waals surface area contributed by atoms with Gasteiger partial charge in [-0.05, 0) is 19.3 Å². The van der Waals surface area contributed by atoms with E-state index in [9.17, 15) is 0 Å². The second-order valence-electron chi connectivity index (χ2n) is 3.14. The van der Waals surface area contributed by atoms with Gasteiger partial charge in [-0.15, -0.1) is 0 Å². The Hall–Kier alpha value is -0.560. The third kappa shape index (κ3) is 5.14. The van der Waals surface area contributed by atoms with Crippen LogP contribution in [0.1, 0.15) is 33.6 Å². The fourth-order valence-corrected chi connectivity index (χ4v) is 0.949. The molecule has 0 aliphatic carbocycles. The zero-order valence-corrected chi connectivity index (χ0v) is 8.38. The first-order chi connectivity index (χ1) is 5.72. The number of hydrogen-bond donors (Lipinski definition) is 1. The molecule has 0 bridgehead atoms. The van der Waals surface area contributed by atoms with E-state index in [1.807, 2.05) is 6.08 Å². The van der Waals surface area contributed by atoms with Crippen LogP contribution >= 0.6 is 0 Å². The van der Waals surface area contributed by atoms with Crippen molar-refractivity contribution in [2.45, 2.75) is 33.6 Å². The fraction of sp³-hybridized carbons (Fsp3) is 0.636. The molecule has 0 amide bonds. The first kappa shape index (κ1) is 11.4. The predicted molar refractivity (Wildman–Crippen MR) is 54.1 cm³/mol. The van der Waals surface area contributed by atoms with Crippen LogP contribution in [0.3, 0.4) is 0 Å². The Morgan fingerprint density at radius 2 is 2.17 bits per heavy atom. The van der Waals surface area contributed by atoms with Crippen LogP contribution < -0.4 is 0 Å². The van der Waals surface area contributed by atoms with E-state index in [0.717, 1.165) is 6.42 Å². The van der Waals surface area contributed by atoms with Crippen LogP contribution in [0, 0.1) is 5.92 Å². The van der Waals surface area contributed by atoms with Crippen molar-refractivity contribution in [2.75, 3.05) is 6.61 Å². The Morgan fingerprint density at radius 1 is 1.50 bits per heavy atom. The maximum absolute atomic E-state index is 8.66. The van der Waals surface area contributed by atoms with Gasteiger partial charge in [0, 0.05) is 0 Å². The summed E-state index contributed by atoms with van der Waals surface area (Å²) in [6.07, 6.45) is 8.62. The monoisotopic (exact) mass is 168 g/mol. The van der Waals surface area contributed by atoms with Crippen molar-refractivity contribution in [2.24, 2.45) is 5.92 Å². The Kier molecular flexibility index (Phi) is 6.78. The summed E-state index contributed by atoms with van der Waals surface area (Å²) in [4.78, 5) is 0. The minimum absolute atomic E-state index is 0.151. The highest BCUT2D eigenvalue weighted by atomic mass is 16.2. The van der Waals surface area contributed by atoms with Crippen molar-refractivity contribution < 1.29 is 5.11 Å². The molecule has 12 heavy (non-hydrogen) atoms. The average molecular weight is 168 g/mol. The number of aliphatic hydroxyl groups excluding tert-OH is 1. The summed E-state index contributed by atoms with van der Waals surface area (Å²) in [5.74, 6) is 0.462. The normalized spacial score (nSPS) is 15.5. The van der Waals surface area contributed by atoms with Crippen molar-refractivity contribution in [1.29, 1.82) is 0 Å². The summed E-state index contributed by atoms with van der Waals surface area (Å²) < 4.78 is 0. The highest BCUT2D eigenvalue weighted by Gasteiger charge is 1.97. The molecule has 0 aliphatic rings. The third-order valence-electron chi connectivity index (χ3n) is 2.01. The zero-order valence-electron chi connectivity index (χ0n) is 8.38. The molecular weight excluding hydrogens is 148 g/mol. The van der Waals surface area contributed by atoms with Crippen LogP contribution in [0.4, 0.5) is 0 Å². The highest BCUT2D eigenvalue weighted by molar-refractivity contribution is 5.09. The molecule has 0 saturated carbocycles. The van der Waals surface area contributed by atoms with Gasteiger partial charge >= 0.3 is 0 Å². The first-order valence-electron chi connectivity index (χ1n) is 4.66. The minimum atomic E-state index is 0.151. The number of unbranched alkanes of at least 4 members (excludes halogenated alkanes) is 1. The lowest BCUT2D eigenvalue weighted by molar-refractivity contribution is 0.341. The van der Waals surface area contributed by atoms with Gasteiger partial charge in [-0.25, -0.2) is 0 Å². The quantitative estimate of drug-likeness (QED) is 0.626. The standard InChI is InChI=1S/C11H20O/c1-4-5-6-7-10(2)11(3)8-9-12/h6-8,10,12H,4-5,9H2,1-3H3/b7-6+,11-8+. The number of hydrogen-bond acceptors (Lipinski definition) is 1. The molecule has 1 unspecified atom stereocenters. The molecule has 1 atom stereocenters. The molecule has 0 radical (unpaired) electrons. The molecule has 0 aromatic carbocycles. The number of aliphatic hydroxyl groups is 1. The van der Waals surface area contributed by atoms with Gasteiger partial charge in [-0.1, -0.05) is 44.1 Å². The second kappa shape index (κ2) is 7.11. The van der Waals surface area contributed by atoms with Crippen molar-refractivity contribution in [1.82, 2.24) is 0 Å². The first-order valence-corrected chi connectivity index (χ1v) is 4.66. The maximum Gasteiger partial charge on any atom is 0.0615 e. The van der Waals surface area contributed by atoms with Gasteiger partial charge < -0.3 is 5.11 Å². The van der Waals surface area contributed by atoms with Crippen molar-refractivity contribution in [3.05, 3.63) is 23.8 Å². The number of rotatable bonds is 5. The van der Waals surface area contributed by atoms with Crippen molar-refractivity contribution >= 4 is 0 Å². The van der Waals surface area contributed by atoms with Gasteiger partial charge in [0.15, 0.2) is 0 Å². The van der Waals surface area contributed by atoms with Crippen LogP contribution in [-0.2, 0) is 0 Å². The van der Waals surface area contributed by atoms with E-state index >= 15 is 0 Å². The summed E-state index contributed by atoms with van der Waals surface area (Å²) in [5.41, 5.74) is 1.24. The van der Waals surface area contributed by atoms with Gasteiger partial charge in [0.05, 0.1) is 6.61 Å². The fourth-order valence-electron chi connectivity index (χ4n) is 0.949. The number of allylic oxidation sites excluding steroid dienone is 3. The van der Waals surface area contributed by atoms with E-state index in [-0.39, 0.29) is 6.61 Å². The van der Waals surface area contributed by atoms with Gasteiger partial charge in [0.25, 0.3) is 0 Å². The van der Waals surface area contributed by atoms with Crippen LogP contribution in [0.25, 0.3) is 0 Å². The minimum Gasteiger partial charge on any atom is -0.392 e. The summed E-state index contributed by atoms with van der Waals surface area (Å²) in [7, 11) is 0. The summed E-state index contributed by atoms with van der Waals surface area (Å²) >= 11 is 0. The van der Waals surface area contributed by atoms with Crippen molar-refractivity contribution in [3.63, 3.8) is 0 Å². The molecule has 0 saturated heterocycles. The van der Waals surface area contributed by atoms with E-state index < -0.39 is 0 Å². The molecule has 0 aromatic heterocycles. The van der Waals surface area contributed by atoms with E-state index in [4.69, 9.17) is 5.11 Å².